The molecule has 3 rings (SSSR count). The molecule has 3 aromatic rings. The summed E-state index contributed by atoms with van der Waals surface area (Å²) in [7, 11) is 1.53. The first kappa shape index (κ1) is 17.1. The zero-order chi connectivity index (χ0) is 17.6. The van der Waals surface area contributed by atoms with Gasteiger partial charge in [0.2, 0.25) is 0 Å². The molecule has 0 aliphatic carbocycles. The molecule has 25 heavy (non-hydrogen) atoms. The Labute approximate surface area is 150 Å². The number of esters is 1. The zero-order valence-corrected chi connectivity index (χ0v) is 14.5. The molecule has 0 atom stereocenters. The third-order valence-corrected chi connectivity index (χ3v) is 3.90. The second-order valence-corrected chi connectivity index (χ2v) is 5.78. The van der Waals surface area contributed by atoms with E-state index in [0.717, 1.165) is 10.8 Å². The van der Waals surface area contributed by atoms with Gasteiger partial charge < -0.3 is 14.2 Å². The molecular formula is C20H17ClO4. The summed E-state index contributed by atoms with van der Waals surface area (Å²) in [5, 5.41) is 2.54. The number of carbonyl (C=O) groups excluding carboxylic acids is 1. The number of benzene rings is 3. The molecule has 0 unspecified atom stereocenters. The normalized spacial score (nSPS) is 10.5. The molecule has 0 fully saturated rings. The van der Waals surface area contributed by atoms with Gasteiger partial charge in [-0.1, -0.05) is 41.9 Å². The summed E-state index contributed by atoms with van der Waals surface area (Å²) in [6.07, 6.45) is 0. The van der Waals surface area contributed by atoms with E-state index < -0.39 is 5.97 Å². The largest absolute Gasteiger partial charge is 0.496 e. The van der Waals surface area contributed by atoms with Gasteiger partial charge in [-0.2, -0.15) is 0 Å². The van der Waals surface area contributed by atoms with Crippen LogP contribution in [-0.4, -0.2) is 26.3 Å². The van der Waals surface area contributed by atoms with Gasteiger partial charge in [-0.3, -0.25) is 0 Å². The molecule has 0 aliphatic heterocycles. The topological polar surface area (TPSA) is 44.8 Å². The van der Waals surface area contributed by atoms with E-state index in [1.165, 1.54) is 7.11 Å². The molecule has 0 saturated carbocycles. The highest BCUT2D eigenvalue weighted by Crippen LogP contribution is 2.26. The molecule has 5 heteroatoms. The lowest BCUT2D eigenvalue weighted by molar-refractivity contribution is 0.0447. The number of fused-ring (bicyclic) bond motifs is 1. The average molecular weight is 357 g/mol. The van der Waals surface area contributed by atoms with Gasteiger partial charge in [0.05, 0.1) is 7.11 Å². The quantitative estimate of drug-likeness (QED) is 0.473. The zero-order valence-electron chi connectivity index (χ0n) is 13.7. The molecule has 128 valence electrons. The summed E-state index contributed by atoms with van der Waals surface area (Å²) >= 11 is 5.89. The van der Waals surface area contributed by atoms with Crippen LogP contribution in [-0.2, 0) is 4.74 Å². The highest BCUT2D eigenvalue weighted by Gasteiger charge is 2.15. The van der Waals surface area contributed by atoms with Crippen LogP contribution >= 0.6 is 11.6 Å². The van der Waals surface area contributed by atoms with E-state index >= 15 is 0 Å². The minimum atomic E-state index is -0.447. The van der Waals surface area contributed by atoms with Gasteiger partial charge in [-0.25, -0.2) is 4.79 Å². The predicted molar refractivity (Wildman–Crippen MR) is 97.7 cm³/mol. The Kier molecular flexibility index (Phi) is 5.41. The Bertz CT molecular complexity index is 892. The Balaban J connectivity index is 1.63. The van der Waals surface area contributed by atoms with Crippen molar-refractivity contribution in [3.63, 3.8) is 0 Å². The summed E-state index contributed by atoms with van der Waals surface area (Å²) in [6.45, 7) is 0.364. The summed E-state index contributed by atoms with van der Waals surface area (Å²) in [5.41, 5.74) is 0.393. The van der Waals surface area contributed by atoms with Crippen LogP contribution in [0.15, 0.2) is 60.7 Å². The van der Waals surface area contributed by atoms with E-state index in [-0.39, 0.29) is 13.2 Å². The van der Waals surface area contributed by atoms with Crippen molar-refractivity contribution in [3.05, 3.63) is 71.2 Å². The third kappa shape index (κ3) is 4.22. The maximum absolute atomic E-state index is 12.4. The molecule has 0 aromatic heterocycles. The lowest BCUT2D eigenvalue weighted by atomic mass is 10.1. The summed E-state index contributed by atoms with van der Waals surface area (Å²) in [5.74, 6) is 0.670. The van der Waals surface area contributed by atoms with Crippen molar-refractivity contribution in [2.45, 2.75) is 0 Å². The van der Waals surface area contributed by atoms with Crippen LogP contribution in [0.4, 0.5) is 0 Å². The van der Waals surface area contributed by atoms with Crippen LogP contribution in [0.1, 0.15) is 10.4 Å². The van der Waals surface area contributed by atoms with Gasteiger partial charge in [0, 0.05) is 5.02 Å². The fourth-order valence-corrected chi connectivity index (χ4v) is 2.66. The van der Waals surface area contributed by atoms with E-state index in [2.05, 4.69) is 0 Å². The highest BCUT2D eigenvalue weighted by molar-refractivity contribution is 6.30. The fraction of sp³-hybridized carbons (Fsp3) is 0.150. The number of hydrogen-bond acceptors (Lipinski definition) is 4. The molecule has 0 heterocycles. The molecular weight excluding hydrogens is 340 g/mol. The second kappa shape index (κ2) is 7.90. The molecule has 0 amide bonds. The van der Waals surface area contributed by atoms with Crippen molar-refractivity contribution in [1.29, 1.82) is 0 Å². The lowest BCUT2D eigenvalue weighted by Gasteiger charge is -2.11. The molecule has 4 nitrogen and oxygen atoms in total. The van der Waals surface area contributed by atoms with Crippen LogP contribution in [0.5, 0.6) is 11.5 Å². The van der Waals surface area contributed by atoms with Crippen LogP contribution < -0.4 is 9.47 Å². The molecule has 0 radical (unpaired) electrons. The summed E-state index contributed by atoms with van der Waals surface area (Å²) in [6, 6.07) is 18.4. The maximum atomic E-state index is 12.4. The average Bonchev–Trinajstić information content (AvgIpc) is 2.64. The first-order valence-electron chi connectivity index (χ1n) is 7.79. The number of rotatable bonds is 6. The van der Waals surface area contributed by atoms with E-state index in [1.54, 1.807) is 30.3 Å². The van der Waals surface area contributed by atoms with Gasteiger partial charge in [-0.15, -0.1) is 0 Å². The lowest BCUT2D eigenvalue weighted by Crippen LogP contribution is -2.13. The maximum Gasteiger partial charge on any atom is 0.342 e. The van der Waals surface area contributed by atoms with Crippen molar-refractivity contribution in [3.8, 4) is 11.5 Å². The van der Waals surface area contributed by atoms with Gasteiger partial charge in [0.1, 0.15) is 30.3 Å². The number of methoxy groups -OCH3 is 1. The molecule has 0 spiro atoms. The Morgan fingerprint density at radius 2 is 1.72 bits per heavy atom. The highest BCUT2D eigenvalue weighted by atomic mass is 35.5. The third-order valence-electron chi connectivity index (χ3n) is 3.67. The number of hydrogen-bond donors (Lipinski definition) is 0. The fourth-order valence-electron chi connectivity index (χ4n) is 2.48. The molecule has 0 bridgehead atoms. The van der Waals surface area contributed by atoms with Gasteiger partial charge in [0.25, 0.3) is 0 Å². The van der Waals surface area contributed by atoms with E-state index in [1.807, 2.05) is 30.3 Å². The number of ether oxygens (including phenoxy) is 3. The Hall–Kier alpha value is -2.72. The van der Waals surface area contributed by atoms with E-state index in [4.69, 9.17) is 25.8 Å². The van der Waals surface area contributed by atoms with E-state index in [9.17, 15) is 4.79 Å². The predicted octanol–water partition coefficient (Wildman–Crippen LogP) is 4.74. The number of halogens is 1. The SMILES string of the molecule is COc1cc2ccccc2cc1C(=O)OCCOc1cccc(Cl)c1. The smallest absolute Gasteiger partial charge is 0.342 e. The minimum Gasteiger partial charge on any atom is -0.496 e. The van der Waals surface area contributed by atoms with Crippen LogP contribution in [0, 0.1) is 0 Å². The minimum absolute atomic E-state index is 0.126. The monoisotopic (exact) mass is 356 g/mol. The van der Waals surface area contributed by atoms with Crippen LogP contribution in [0.2, 0.25) is 5.02 Å². The van der Waals surface area contributed by atoms with Crippen molar-refractivity contribution in [1.82, 2.24) is 0 Å². The molecule has 3 aromatic carbocycles. The van der Waals surface area contributed by atoms with Gasteiger partial charge in [0.15, 0.2) is 0 Å². The van der Waals surface area contributed by atoms with Gasteiger partial charge in [-0.05, 0) is 41.1 Å². The van der Waals surface area contributed by atoms with E-state index in [0.29, 0.717) is 22.1 Å². The first-order valence-corrected chi connectivity index (χ1v) is 8.17. The second-order valence-electron chi connectivity index (χ2n) is 5.34. The molecule has 0 saturated heterocycles. The van der Waals surface area contributed by atoms with Crippen molar-refractivity contribution >= 4 is 28.3 Å². The Morgan fingerprint density at radius 3 is 2.44 bits per heavy atom. The van der Waals surface area contributed by atoms with Crippen molar-refractivity contribution in [2.24, 2.45) is 0 Å². The summed E-state index contributed by atoms with van der Waals surface area (Å²) in [4.78, 5) is 12.4. The standard InChI is InChI=1S/C20H17ClO4/c1-23-19-12-15-6-3-2-5-14(15)11-18(19)20(22)25-10-9-24-17-8-4-7-16(21)13-17/h2-8,11-13H,9-10H2,1H3. The first-order chi connectivity index (χ1) is 12.2. The number of carbonyl (C=O) groups is 1. The van der Waals surface area contributed by atoms with Crippen molar-refractivity contribution in [2.75, 3.05) is 20.3 Å². The molecule has 0 N–H and O–H groups in total. The van der Waals surface area contributed by atoms with Crippen molar-refractivity contribution < 1.29 is 19.0 Å². The molecule has 0 aliphatic rings. The van der Waals surface area contributed by atoms with Gasteiger partial charge >= 0.3 is 5.97 Å². The van der Waals surface area contributed by atoms with Crippen LogP contribution in [0.25, 0.3) is 10.8 Å². The summed E-state index contributed by atoms with van der Waals surface area (Å²) < 4.78 is 16.1. The Morgan fingerprint density at radius 1 is 0.960 bits per heavy atom. The van der Waals surface area contributed by atoms with Crippen LogP contribution in [0.3, 0.4) is 0 Å².